The molecule has 3 aliphatic rings. The van der Waals surface area contributed by atoms with Gasteiger partial charge in [-0.15, -0.1) is 0 Å². The number of carbonyl (C=O) groups is 1. The molecule has 2 aliphatic heterocycles. The van der Waals surface area contributed by atoms with E-state index in [0.29, 0.717) is 35.8 Å². The largest absolute Gasteiger partial charge is 0.303 e. The molecule has 2 aromatic rings. The molecule has 5 rings (SSSR count). The van der Waals surface area contributed by atoms with Gasteiger partial charge in [-0.05, 0) is 99.6 Å². The molecule has 1 fully saturated rings. The highest BCUT2D eigenvalue weighted by atomic mass is 19.1. The van der Waals surface area contributed by atoms with Crippen molar-refractivity contribution in [3.63, 3.8) is 0 Å². The lowest BCUT2D eigenvalue weighted by Gasteiger charge is -2.34. The molecule has 4 nitrogen and oxygen atoms in total. The van der Waals surface area contributed by atoms with Crippen LogP contribution in [0.15, 0.2) is 77.1 Å². The van der Waals surface area contributed by atoms with Gasteiger partial charge in [0.1, 0.15) is 23.3 Å². The van der Waals surface area contributed by atoms with Gasteiger partial charge in [0.05, 0.1) is 0 Å². The van der Waals surface area contributed by atoms with Crippen molar-refractivity contribution in [2.24, 2.45) is 10.9 Å². The number of benzene rings is 2. The van der Waals surface area contributed by atoms with Crippen LogP contribution in [-0.4, -0.2) is 47.7 Å². The molecule has 0 radical (unpaired) electrons. The van der Waals surface area contributed by atoms with Crippen LogP contribution in [0.25, 0.3) is 0 Å². The molecule has 0 atom stereocenters. The quantitative estimate of drug-likeness (QED) is 0.451. The zero-order valence-electron chi connectivity index (χ0n) is 21.1. The smallest absolute Gasteiger partial charge is 0.265 e. The number of halogens is 3. The molecule has 0 unspecified atom stereocenters. The van der Waals surface area contributed by atoms with E-state index in [1.807, 2.05) is 13.0 Å². The predicted molar refractivity (Wildman–Crippen MR) is 139 cm³/mol. The maximum absolute atomic E-state index is 13.9. The van der Waals surface area contributed by atoms with E-state index in [4.69, 9.17) is 4.99 Å². The van der Waals surface area contributed by atoms with Crippen LogP contribution < -0.4 is 0 Å². The summed E-state index contributed by atoms with van der Waals surface area (Å²) in [7, 11) is 0. The fourth-order valence-electron chi connectivity index (χ4n) is 5.83. The van der Waals surface area contributed by atoms with Gasteiger partial charge in [-0.3, -0.25) is 9.69 Å². The van der Waals surface area contributed by atoms with Crippen molar-refractivity contribution in [3.05, 3.63) is 94.8 Å². The molecule has 1 aliphatic carbocycles. The Morgan fingerprint density at radius 1 is 0.865 bits per heavy atom. The Morgan fingerprint density at radius 2 is 1.46 bits per heavy atom. The van der Waals surface area contributed by atoms with Crippen LogP contribution in [0.1, 0.15) is 50.2 Å². The first-order chi connectivity index (χ1) is 17.9. The average Bonchev–Trinajstić information content (AvgIpc) is 3.16. The van der Waals surface area contributed by atoms with E-state index in [1.165, 1.54) is 29.8 Å². The van der Waals surface area contributed by atoms with Gasteiger partial charge in [0.2, 0.25) is 0 Å². The van der Waals surface area contributed by atoms with Gasteiger partial charge in [0, 0.05) is 13.0 Å². The summed E-state index contributed by atoms with van der Waals surface area (Å²) in [6.45, 7) is 5.19. The molecular formula is C30H32F3N3O. The average molecular weight is 508 g/mol. The van der Waals surface area contributed by atoms with Crippen molar-refractivity contribution in [3.8, 4) is 0 Å². The van der Waals surface area contributed by atoms with Crippen molar-refractivity contribution in [2.45, 2.75) is 44.6 Å². The molecule has 37 heavy (non-hydrogen) atoms. The Labute approximate surface area is 216 Å². The molecule has 2 heterocycles. The van der Waals surface area contributed by atoms with Crippen molar-refractivity contribution in [2.75, 3.05) is 26.2 Å². The van der Waals surface area contributed by atoms with Crippen molar-refractivity contribution in [1.29, 1.82) is 0 Å². The van der Waals surface area contributed by atoms with Crippen LogP contribution >= 0.6 is 0 Å². The summed E-state index contributed by atoms with van der Waals surface area (Å²) in [5, 5.41) is 0. The summed E-state index contributed by atoms with van der Waals surface area (Å²) >= 11 is 0. The van der Waals surface area contributed by atoms with Crippen molar-refractivity contribution in [1.82, 2.24) is 9.80 Å². The Balaban J connectivity index is 1.24. The summed E-state index contributed by atoms with van der Waals surface area (Å²) in [4.78, 5) is 22.8. The minimum absolute atomic E-state index is 0.0284. The number of amidine groups is 1. The fraction of sp³-hybridized carbons (Fsp3) is 0.400. The number of amides is 1. The SMILES string of the molecule is CC1=NC(c2ccc(F)cc2)(c2ccc(F)cc2)C(=O)N1CCCN1CCC(C2=CC=C(F)CC2)CC1. The number of carbonyl (C=O) groups excluding carboxylic acids is 1. The zero-order valence-corrected chi connectivity index (χ0v) is 21.1. The minimum Gasteiger partial charge on any atom is -0.303 e. The highest BCUT2D eigenvalue weighted by Gasteiger charge is 2.49. The maximum atomic E-state index is 13.9. The van der Waals surface area contributed by atoms with Crippen LogP contribution in [-0.2, 0) is 10.3 Å². The highest BCUT2D eigenvalue weighted by Crippen LogP contribution is 2.40. The van der Waals surface area contributed by atoms with E-state index in [9.17, 15) is 18.0 Å². The van der Waals surface area contributed by atoms with Gasteiger partial charge < -0.3 is 4.90 Å². The van der Waals surface area contributed by atoms with Gasteiger partial charge in [0.25, 0.3) is 5.91 Å². The second kappa shape index (κ2) is 10.7. The van der Waals surface area contributed by atoms with Gasteiger partial charge >= 0.3 is 0 Å². The number of likely N-dealkylation sites (tertiary alicyclic amines) is 1. The predicted octanol–water partition coefficient (Wildman–Crippen LogP) is 6.14. The van der Waals surface area contributed by atoms with E-state index in [-0.39, 0.29) is 11.7 Å². The number of hydrogen-bond acceptors (Lipinski definition) is 3. The van der Waals surface area contributed by atoms with Crippen LogP contribution in [0.2, 0.25) is 0 Å². The summed E-state index contributed by atoms with van der Waals surface area (Å²) in [5.41, 5.74) is 1.13. The molecule has 2 aromatic carbocycles. The van der Waals surface area contributed by atoms with Gasteiger partial charge in [0.15, 0.2) is 5.54 Å². The molecule has 194 valence electrons. The molecule has 0 spiro atoms. The third-order valence-corrected chi connectivity index (χ3v) is 7.90. The first kappa shape index (κ1) is 25.5. The van der Waals surface area contributed by atoms with Gasteiger partial charge in [-0.2, -0.15) is 0 Å². The van der Waals surface area contributed by atoms with E-state index < -0.39 is 17.2 Å². The normalized spacial score (nSPS) is 20.6. The Morgan fingerprint density at radius 3 is 2.00 bits per heavy atom. The second-order valence-electron chi connectivity index (χ2n) is 10.2. The van der Waals surface area contributed by atoms with Gasteiger partial charge in [-0.25, -0.2) is 18.2 Å². The fourth-order valence-corrected chi connectivity index (χ4v) is 5.83. The summed E-state index contributed by atoms with van der Waals surface area (Å²) in [6.07, 6.45) is 7.86. The molecule has 0 N–H and O–H groups in total. The number of piperidine rings is 1. The first-order valence-electron chi connectivity index (χ1n) is 13.0. The molecule has 0 saturated carbocycles. The van der Waals surface area contributed by atoms with E-state index >= 15 is 0 Å². The zero-order chi connectivity index (χ0) is 26.0. The number of hydrogen-bond donors (Lipinski definition) is 0. The van der Waals surface area contributed by atoms with Crippen molar-refractivity contribution >= 4 is 11.7 Å². The topological polar surface area (TPSA) is 35.9 Å². The molecule has 1 amide bonds. The maximum Gasteiger partial charge on any atom is 0.265 e. The number of allylic oxidation sites excluding steroid dienone is 4. The molecule has 0 aromatic heterocycles. The highest BCUT2D eigenvalue weighted by molar-refractivity contribution is 6.09. The van der Waals surface area contributed by atoms with Gasteiger partial charge in [-0.1, -0.05) is 35.9 Å². The number of aliphatic imine (C=N–C) groups is 1. The first-order valence-corrected chi connectivity index (χ1v) is 13.0. The molecule has 7 heteroatoms. The number of rotatable bonds is 7. The third kappa shape index (κ3) is 5.14. The van der Waals surface area contributed by atoms with Crippen LogP contribution in [0.4, 0.5) is 13.2 Å². The minimum atomic E-state index is -1.36. The lowest BCUT2D eigenvalue weighted by Crippen LogP contribution is -2.43. The lowest BCUT2D eigenvalue weighted by molar-refractivity contribution is -0.130. The summed E-state index contributed by atoms with van der Waals surface area (Å²) in [6, 6.07) is 11.6. The van der Waals surface area contributed by atoms with E-state index in [1.54, 1.807) is 35.2 Å². The standard InChI is InChI=1S/C30H32F3N3O/c1-21-34-30(24-5-11-27(32)12-6-24,25-7-13-28(33)14-8-25)29(37)36(21)18-2-17-35-19-15-23(16-20-35)22-3-9-26(31)10-4-22/h3,5-9,11-14,23H,2,4,10,15-20H2,1H3. The Bertz CT molecular complexity index is 1180. The van der Waals surface area contributed by atoms with Crippen LogP contribution in [0.3, 0.4) is 0 Å². The third-order valence-electron chi connectivity index (χ3n) is 7.90. The monoisotopic (exact) mass is 507 g/mol. The summed E-state index contributed by atoms with van der Waals surface area (Å²) in [5.74, 6) is 0.108. The van der Waals surface area contributed by atoms with E-state index in [0.717, 1.165) is 45.3 Å². The molecule has 0 bridgehead atoms. The lowest BCUT2D eigenvalue weighted by atomic mass is 9.82. The number of nitrogens with zero attached hydrogens (tertiary/aromatic N) is 3. The second-order valence-corrected chi connectivity index (χ2v) is 10.2. The van der Waals surface area contributed by atoms with Crippen LogP contribution in [0.5, 0.6) is 0 Å². The molecular weight excluding hydrogens is 475 g/mol. The Kier molecular flexibility index (Phi) is 7.33. The molecule has 1 saturated heterocycles. The summed E-state index contributed by atoms with van der Waals surface area (Å²) < 4.78 is 40.7. The van der Waals surface area contributed by atoms with Crippen molar-refractivity contribution < 1.29 is 18.0 Å². The van der Waals surface area contributed by atoms with Crippen LogP contribution in [0, 0.1) is 17.6 Å². The van der Waals surface area contributed by atoms with E-state index in [2.05, 4.69) is 4.90 Å². The Hall–Kier alpha value is -3.19.